The molecule has 1 heterocycles. The first-order valence-corrected chi connectivity index (χ1v) is 8.27. The molecule has 0 aliphatic carbocycles. The third-order valence-corrected chi connectivity index (χ3v) is 4.04. The summed E-state index contributed by atoms with van der Waals surface area (Å²) in [5.41, 5.74) is 0.668. The number of amides is 1. The number of hydrogen-bond donors (Lipinski definition) is 3. The van der Waals surface area contributed by atoms with Gasteiger partial charge in [0.1, 0.15) is 11.4 Å². The molecule has 0 radical (unpaired) electrons. The number of carboxylic acids is 1. The molecule has 3 N–H and O–H groups in total. The smallest absolute Gasteiger partial charge is 0.335 e. The van der Waals surface area contributed by atoms with Crippen LogP contribution in [0, 0.1) is 0 Å². The van der Waals surface area contributed by atoms with E-state index < -0.39 is 17.4 Å². The van der Waals surface area contributed by atoms with E-state index in [1.54, 1.807) is 36.4 Å². The van der Waals surface area contributed by atoms with Crippen LogP contribution in [0.15, 0.2) is 59.5 Å². The number of halogens is 1. The first kappa shape index (κ1) is 18.3. The van der Waals surface area contributed by atoms with Gasteiger partial charge >= 0.3 is 5.97 Å². The average Bonchev–Trinajstić information content (AvgIpc) is 2.67. The summed E-state index contributed by atoms with van der Waals surface area (Å²) in [7, 11) is 0. The van der Waals surface area contributed by atoms with Gasteiger partial charge in [-0.05, 0) is 42.0 Å². The summed E-state index contributed by atoms with van der Waals surface area (Å²) in [6.45, 7) is 0.0817. The van der Waals surface area contributed by atoms with E-state index in [0.29, 0.717) is 22.0 Å². The minimum atomic E-state index is -1.05. The van der Waals surface area contributed by atoms with E-state index in [2.05, 4.69) is 15.3 Å². The number of carbonyl (C=O) groups is 2. The maximum atomic E-state index is 12.2. The van der Waals surface area contributed by atoms with Crippen LogP contribution >= 0.6 is 11.6 Å². The second kappa shape index (κ2) is 7.84. The van der Waals surface area contributed by atoms with Gasteiger partial charge in [-0.2, -0.15) is 0 Å². The highest BCUT2D eigenvalue weighted by Gasteiger charge is 2.13. The molecule has 0 fully saturated rings. The topological polar surface area (TPSA) is 112 Å². The Hall–Kier alpha value is -3.45. The van der Waals surface area contributed by atoms with Crippen LogP contribution in [0.2, 0.25) is 5.02 Å². The van der Waals surface area contributed by atoms with Gasteiger partial charge in [0.25, 0.3) is 11.5 Å². The number of carbonyl (C=O) groups excluding carboxylic acids is 1. The molecule has 3 rings (SSSR count). The summed E-state index contributed by atoms with van der Waals surface area (Å²) in [6, 6.07) is 12.9. The molecule has 0 aliphatic rings. The summed E-state index contributed by atoms with van der Waals surface area (Å²) in [5.74, 6) is -1.34. The fraction of sp³-hybridized carbons (Fsp3) is 0.0526. The highest BCUT2D eigenvalue weighted by atomic mass is 35.5. The monoisotopic (exact) mass is 383 g/mol. The molecule has 0 bridgehead atoms. The van der Waals surface area contributed by atoms with Crippen LogP contribution in [-0.2, 0) is 6.54 Å². The summed E-state index contributed by atoms with van der Waals surface area (Å²) < 4.78 is 0. The highest BCUT2D eigenvalue weighted by Crippen LogP contribution is 2.16. The van der Waals surface area contributed by atoms with Crippen molar-refractivity contribution in [3.63, 3.8) is 0 Å². The zero-order valence-electron chi connectivity index (χ0n) is 13.9. The van der Waals surface area contributed by atoms with Gasteiger partial charge in [0.05, 0.1) is 5.56 Å². The van der Waals surface area contributed by atoms with Crippen LogP contribution in [0.1, 0.15) is 26.3 Å². The Balaban J connectivity index is 1.73. The van der Waals surface area contributed by atoms with Crippen LogP contribution < -0.4 is 10.9 Å². The molecule has 0 spiro atoms. The number of hydrogen-bond acceptors (Lipinski definition) is 4. The third kappa shape index (κ3) is 4.39. The number of nitrogens with zero attached hydrogens (tertiary/aromatic N) is 1. The minimum Gasteiger partial charge on any atom is -0.478 e. The molecule has 7 nitrogen and oxygen atoms in total. The van der Waals surface area contributed by atoms with Gasteiger partial charge in [0.2, 0.25) is 0 Å². The van der Waals surface area contributed by atoms with Crippen molar-refractivity contribution < 1.29 is 14.7 Å². The number of H-pyrrole nitrogens is 1. The molecule has 1 aromatic heterocycles. The van der Waals surface area contributed by atoms with E-state index in [1.165, 1.54) is 18.3 Å². The lowest BCUT2D eigenvalue weighted by Crippen LogP contribution is -2.29. The van der Waals surface area contributed by atoms with E-state index >= 15 is 0 Å². The lowest BCUT2D eigenvalue weighted by molar-refractivity contribution is 0.0696. The first-order chi connectivity index (χ1) is 12.9. The summed E-state index contributed by atoms with van der Waals surface area (Å²) >= 11 is 5.83. The number of rotatable bonds is 5. The Bertz CT molecular complexity index is 1060. The highest BCUT2D eigenvalue weighted by molar-refractivity contribution is 6.30. The molecule has 2 aromatic carbocycles. The second-order valence-corrected chi connectivity index (χ2v) is 6.11. The predicted octanol–water partition coefficient (Wildman–Crippen LogP) is 2.72. The molecule has 8 heteroatoms. The zero-order chi connectivity index (χ0) is 19.4. The van der Waals surface area contributed by atoms with E-state index in [9.17, 15) is 14.4 Å². The maximum Gasteiger partial charge on any atom is 0.335 e. The molecule has 0 atom stereocenters. The van der Waals surface area contributed by atoms with Crippen molar-refractivity contribution in [3.8, 4) is 11.4 Å². The number of nitrogens with one attached hydrogen (secondary N) is 2. The minimum absolute atomic E-state index is 0.0817. The molecule has 27 heavy (non-hydrogen) atoms. The Morgan fingerprint density at radius 2 is 1.89 bits per heavy atom. The van der Waals surface area contributed by atoms with Crippen molar-refractivity contribution in [2.45, 2.75) is 6.54 Å². The van der Waals surface area contributed by atoms with Gasteiger partial charge in [0, 0.05) is 23.3 Å². The Morgan fingerprint density at radius 1 is 1.15 bits per heavy atom. The normalized spacial score (nSPS) is 10.4. The van der Waals surface area contributed by atoms with Crippen LogP contribution in [0.4, 0.5) is 0 Å². The standard InChI is InChI=1S/C19H14ClN3O4/c20-14-6-4-12(5-7-14)16-21-10-15(18(25)23-16)17(24)22-9-11-2-1-3-13(8-11)19(26)27/h1-8,10H,9H2,(H,22,24)(H,26,27)(H,21,23,25). The van der Waals surface area contributed by atoms with E-state index in [1.807, 2.05) is 0 Å². The third-order valence-electron chi connectivity index (χ3n) is 3.79. The number of aromatic carboxylic acids is 1. The van der Waals surface area contributed by atoms with E-state index in [0.717, 1.165) is 0 Å². The zero-order valence-corrected chi connectivity index (χ0v) is 14.7. The van der Waals surface area contributed by atoms with Crippen LogP contribution in [0.5, 0.6) is 0 Å². The van der Waals surface area contributed by atoms with Gasteiger partial charge < -0.3 is 15.4 Å². The van der Waals surface area contributed by atoms with Crippen molar-refractivity contribution in [1.29, 1.82) is 0 Å². The van der Waals surface area contributed by atoms with Gasteiger partial charge in [-0.25, -0.2) is 9.78 Å². The van der Waals surface area contributed by atoms with Crippen LogP contribution in [-0.4, -0.2) is 27.0 Å². The van der Waals surface area contributed by atoms with Gasteiger partial charge in [-0.1, -0.05) is 23.7 Å². The van der Waals surface area contributed by atoms with Gasteiger partial charge in [-0.3, -0.25) is 9.59 Å². The average molecular weight is 384 g/mol. The molecule has 0 saturated heterocycles. The number of aromatic nitrogens is 2. The molecule has 3 aromatic rings. The van der Waals surface area contributed by atoms with Gasteiger partial charge in [-0.15, -0.1) is 0 Å². The fourth-order valence-electron chi connectivity index (χ4n) is 2.40. The Kier molecular flexibility index (Phi) is 5.33. The lowest BCUT2D eigenvalue weighted by Gasteiger charge is -2.07. The number of carboxylic acid groups (broad SMARTS) is 1. The lowest BCUT2D eigenvalue weighted by atomic mass is 10.1. The van der Waals surface area contributed by atoms with Crippen molar-refractivity contribution in [2.75, 3.05) is 0 Å². The number of aromatic amines is 1. The molecule has 1 amide bonds. The maximum absolute atomic E-state index is 12.2. The summed E-state index contributed by atoms with van der Waals surface area (Å²) in [6.07, 6.45) is 1.20. The van der Waals surface area contributed by atoms with E-state index in [4.69, 9.17) is 16.7 Å². The molecule has 0 saturated carbocycles. The van der Waals surface area contributed by atoms with Gasteiger partial charge in [0.15, 0.2) is 0 Å². The molecular weight excluding hydrogens is 370 g/mol. The quantitative estimate of drug-likeness (QED) is 0.627. The second-order valence-electron chi connectivity index (χ2n) is 5.67. The molecule has 0 unspecified atom stereocenters. The van der Waals surface area contributed by atoms with Crippen molar-refractivity contribution in [3.05, 3.63) is 86.8 Å². The van der Waals surface area contributed by atoms with E-state index in [-0.39, 0.29) is 17.7 Å². The Labute approximate surface area is 158 Å². The van der Waals surface area contributed by atoms with Crippen LogP contribution in [0.25, 0.3) is 11.4 Å². The summed E-state index contributed by atoms with van der Waals surface area (Å²) in [4.78, 5) is 42.1. The van der Waals surface area contributed by atoms with Crippen molar-refractivity contribution >= 4 is 23.5 Å². The SMILES string of the molecule is O=C(O)c1cccc(CNC(=O)c2cnc(-c3ccc(Cl)cc3)[nH]c2=O)c1. The predicted molar refractivity (Wildman–Crippen MR) is 99.9 cm³/mol. The molecular formula is C19H14ClN3O4. The molecule has 136 valence electrons. The Morgan fingerprint density at radius 3 is 2.56 bits per heavy atom. The van der Waals surface area contributed by atoms with Crippen molar-refractivity contribution in [1.82, 2.24) is 15.3 Å². The fourth-order valence-corrected chi connectivity index (χ4v) is 2.53. The first-order valence-electron chi connectivity index (χ1n) is 7.90. The number of benzene rings is 2. The molecule has 0 aliphatic heterocycles. The summed E-state index contributed by atoms with van der Waals surface area (Å²) in [5, 5.41) is 12.1. The van der Waals surface area contributed by atoms with Crippen LogP contribution in [0.3, 0.4) is 0 Å². The largest absolute Gasteiger partial charge is 0.478 e. The van der Waals surface area contributed by atoms with Crippen molar-refractivity contribution in [2.24, 2.45) is 0 Å².